The molecule has 0 saturated carbocycles. The van der Waals surface area contributed by atoms with Gasteiger partial charge in [-0.1, -0.05) is 6.07 Å². The maximum Gasteiger partial charge on any atom is 0.219 e. The third-order valence-corrected chi connectivity index (χ3v) is 2.39. The van der Waals surface area contributed by atoms with Crippen molar-refractivity contribution < 1.29 is 4.74 Å². The minimum atomic E-state index is 0.555. The summed E-state index contributed by atoms with van der Waals surface area (Å²) in [7, 11) is 0. The lowest BCUT2D eigenvalue weighted by molar-refractivity contribution is 0.463. The zero-order valence-corrected chi connectivity index (χ0v) is 9.00. The summed E-state index contributed by atoms with van der Waals surface area (Å²) in [6, 6.07) is 16.1. The van der Waals surface area contributed by atoms with E-state index in [2.05, 4.69) is 16.0 Å². The highest BCUT2D eigenvalue weighted by Gasteiger charge is 1.99. The van der Waals surface area contributed by atoms with Gasteiger partial charge in [0.15, 0.2) is 0 Å². The Labute approximate surface area is 98.7 Å². The Morgan fingerprint density at radius 3 is 2.94 bits per heavy atom. The van der Waals surface area contributed by atoms with Crippen molar-refractivity contribution >= 4 is 10.9 Å². The van der Waals surface area contributed by atoms with Crippen molar-refractivity contribution in [3.63, 3.8) is 0 Å². The van der Waals surface area contributed by atoms with Crippen molar-refractivity contribution in [3.05, 3.63) is 60.9 Å². The third kappa shape index (κ3) is 2.08. The molecule has 0 fully saturated rings. The second-order valence-electron chi connectivity index (χ2n) is 3.56. The molecule has 0 atom stereocenters. The third-order valence-electron chi connectivity index (χ3n) is 2.39. The summed E-state index contributed by atoms with van der Waals surface area (Å²) < 4.78 is 5.62. The number of rotatable bonds is 2. The van der Waals surface area contributed by atoms with Crippen LogP contribution in [0.25, 0.3) is 10.9 Å². The summed E-state index contributed by atoms with van der Waals surface area (Å²) in [5, 5.41) is 1.09. The van der Waals surface area contributed by atoms with E-state index in [-0.39, 0.29) is 0 Å². The average Bonchev–Trinajstić information content (AvgIpc) is 2.40. The summed E-state index contributed by atoms with van der Waals surface area (Å²) in [6.07, 6.45) is 3.34. The van der Waals surface area contributed by atoms with E-state index >= 15 is 0 Å². The Balaban J connectivity index is 1.96. The zero-order chi connectivity index (χ0) is 11.5. The lowest BCUT2D eigenvalue weighted by Crippen LogP contribution is -1.87. The highest BCUT2D eigenvalue weighted by Crippen LogP contribution is 2.22. The number of aromatic nitrogens is 2. The molecule has 0 spiro atoms. The number of fused-ring (bicyclic) bond motifs is 1. The van der Waals surface area contributed by atoms with E-state index in [0.29, 0.717) is 5.88 Å². The van der Waals surface area contributed by atoms with Crippen molar-refractivity contribution in [2.24, 2.45) is 0 Å². The molecule has 0 bridgehead atoms. The quantitative estimate of drug-likeness (QED) is 0.666. The molecule has 0 N–H and O–H groups in total. The lowest BCUT2D eigenvalue weighted by Gasteiger charge is -2.04. The van der Waals surface area contributed by atoms with Gasteiger partial charge in [0.2, 0.25) is 5.88 Å². The number of hydrogen-bond donors (Lipinski definition) is 0. The van der Waals surface area contributed by atoms with Gasteiger partial charge in [-0.05, 0) is 24.3 Å². The zero-order valence-electron chi connectivity index (χ0n) is 9.00. The van der Waals surface area contributed by atoms with Crippen LogP contribution in [0.3, 0.4) is 0 Å². The molecule has 0 aliphatic carbocycles. The maximum absolute atomic E-state index is 5.62. The Hall–Kier alpha value is -2.42. The maximum atomic E-state index is 5.62. The highest BCUT2D eigenvalue weighted by molar-refractivity contribution is 5.79. The second kappa shape index (κ2) is 4.22. The first-order valence-electron chi connectivity index (χ1n) is 5.26. The van der Waals surface area contributed by atoms with Crippen molar-refractivity contribution in [1.82, 2.24) is 9.97 Å². The molecule has 0 saturated heterocycles. The first-order chi connectivity index (χ1) is 8.42. The van der Waals surface area contributed by atoms with Crippen LogP contribution >= 0.6 is 0 Å². The number of pyridine rings is 2. The van der Waals surface area contributed by atoms with E-state index in [9.17, 15) is 0 Å². The van der Waals surface area contributed by atoms with E-state index in [1.54, 1.807) is 24.5 Å². The van der Waals surface area contributed by atoms with Gasteiger partial charge in [0.1, 0.15) is 5.75 Å². The molecule has 0 unspecified atom stereocenters. The highest BCUT2D eigenvalue weighted by atomic mass is 16.5. The van der Waals surface area contributed by atoms with Crippen LogP contribution in [0.1, 0.15) is 0 Å². The minimum absolute atomic E-state index is 0.555. The monoisotopic (exact) mass is 221 g/mol. The predicted octanol–water partition coefficient (Wildman–Crippen LogP) is 3.22. The molecule has 0 aliphatic heterocycles. The number of benzene rings is 1. The summed E-state index contributed by atoms with van der Waals surface area (Å²) in [4.78, 5) is 8.33. The topological polar surface area (TPSA) is 35.0 Å². The van der Waals surface area contributed by atoms with E-state index in [1.165, 1.54) is 0 Å². The van der Waals surface area contributed by atoms with E-state index in [1.807, 2.05) is 30.3 Å². The molecule has 1 radical (unpaired) electrons. The van der Waals surface area contributed by atoms with Gasteiger partial charge in [0.25, 0.3) is 0 Å². The van der Waals surface area contributed by atoms with Gasteiger partial charge in [-0.15, -0.1) is 0 Å². The normalized spacial score (nSPS) is 10.4. The van der Waals surface area contributed by atoms with Crippen LogP contribution in [0.4, 0.5) is 0 Å². The summed E-state index contributed by atoms with van der Waals surface area (Å²) >= 11 is 0. The van der Waals surface area contributed by atoms with E-state index < -0.39 is 0 Å². The van der Waals surface area contributed by atoms with Crippen LogP contribution in [0.5, 0.6) is 11.6 Å². The molecule has 3 heteroatoms. The predicted molar refractivity (Wildman–Crippen MR) is 64.9 cm³/mol. The van der Waals surface area contributed by atoms with Crippen LogP contribution < -0.4 is 4.74 Å². The van der Waals surface area contributed by atoms with Gasteiger partial charge in [0, 0.05) is 36.0 Å². The van der Waals surface area contributed by atoms with Crippen LogP contribution in [-0.2, 0) is 0 Å². The van der Waals surface area contributed by atoms with E-state index in [4.69, 9.17) is 4.74 Å². The van der Waals surface area contributed by atoms with Crippen LogP contribution in [0.15, 0.2) is 54.9 Å². The summed E-state index contributed by atoms with van der Waals surface area (Å²) in [6.45, 7) is 0. The van der Waals surface area contributed by atoms with Gasteiger partial charge in [-0.2, -0.15) is 0 Å². The number of ether oxygens (including phenoxy) is 1. The van der Waals surface area contributed by atoms with Crippen LogP contribution in [-0.4, -0.2) is 9.97 Å². The first kappa shape index (κ1) is 9.78. The molecular formula is C14H9N2O. The molecule has 0 aliphatic rings. The van der Waals surface area contributed by atoms with Gasteiger partial charge in [-0.3, -0.25) is 4.98 Å². The van der Waals surface area contributed by atoms with Crippen molar-refractivity contribution in [3.8, 4) is 11.6 Å². The fraction of sp³-hybridized carbons (Fsp3) is 0. The average molecular weight is 221 g/mol. The Morgan fingerprint density at radius 2 is 2.06 bits per heavy atom. The molecule has 0 amide bonds. The van der Waals surface area contributed by atoms with Gasteiger partial charge in [0.05, 0.1) is 5.52 Å². The summed E-state index contributed by atoms with van der Waals surface area (Å²) in [5.74, 6) is 1.29. The second-order valence-corrected chi connectivity index (χ2v) is 3.56. The van der Waals surface area contributed by atoms with E-state index in [0.717, 1.165) is 16.7 Å². The molecule has 17 heavy (non-hydrogen) atoms. The standard InChI is InChI=1S/C14H9N2O/c1-2-8-16-14(5-1)17-12-7-6-11-4-3-9-15-13(11)10-12/h1,3-10H. The number of hydrogen-bond acceptors (Lipinski definition) is 3. The minimum Gasteiger partial charge on any atom is -0.439 e. The van der Waals surface area contributed by atoms with Crippen molar-refractivity contribution in [2.45, 2.75) is 0 Å². The summed E-state index contributed by atoms with van der Waals surface area (Å²) in [5.41, 5.74) is 0.910. The van der Waals surface area contributed by atoms with Crippen LogP contribution in [0, 0.1) is 6.07 Å². The fourth-order valence-corrected chi connectivity index (χ4v) is 1.60. The van der Waals surface area contributed by atoms with Crippen molar-refractivity contribution in [1.29, 1.82) is 0 Å². The molecule has 3 nitrogen and oxygen atoms in total. The molecule has 81 valence electrons. The van der Waals surface area contributed by atoms with Gasteiger partial charge < -0.3 is 4.74 Å². The van der Waals surface area contributed by atoms with Gasteiger partial charge >= 0.3 is 0 Å². The molecular weight excluding hydrogens is 212 g/mol. The Kier molecular flexibility index (Phi) is 2.43. The molecule has 3 rings (SSSR count). The lowest BCUT2D eigenvalue weighted by atomic mass is 10.2. The molecule has 2 heterocycles. The van der Waals surface area contributed by atoms with Gasteiger partial charge in [-0.25, -0.2) is 4.98 Å². The molecule has 2 aromatic heterocycles. The smallest absolute Gasteiger partial charge is 0.219 e. The first-order valence-corrected chi connectivity index (χ1v) is 5.26. The van der Waals surface area contributed by atoms with Crippen molar-refractivity contribution in [2.75, 3.05) is 0 Å². The molecule has 1 aromatic carbocycles. The fourth-order valence-electron chi connectivity index (χ4n) is 1.60. The number of nitrogens with zero attached hydrogens (tertiary/aromatic N) is 2. The largest absolute Gasteiger partial charge is 0.439 e. The van der Waals surface area contributed by atoms with Crippen LogP contribution in [0.2, 0.25) is 0 Å². The molecule has 3 aromatic rings. The Bertz CT molecular complexity index is 638. The SMILES string of the molecule is [c]1ccc(Oc2ccc3cccnc3c2)nc1. The Morgan fingerprint density at radius 1 is 1.06 bits per heavy atom.